The van der Waals surface area contributed by atoms with Crippen LogP contribution in [0.25, 0.3) is 16.9 Å². The van der Waals surface area contributed by atoms with E-state index in [9.17, 15) is 9.90 Å². The predicted molar refractivity (Wildman–Crippen MR) is 164 cm³/mol. The second-order valence-electron chi connectivity index (χ2n) is 10.7. The van der Waals surface area contributed by atoms with E-state index < -0.39 is 0 Å². The van der Waals surface area contributed by atoms with E-state index in [4.69, 9.17) is 10.7 Å². The number of nitrogens with two attached hydrogens (primary N) is 1. The van der Waals surface area contributed by atoms with Crippen LogP contribution in [0.15, 0.2) is 67.1 Å². The third-order valence-corrected chi connectivity index (χ3v) is 8.13. The molecule has 0 bridgehead atoms. The molecule has 1 amide bonds. The van der Waals surface area contributed by atoms with Crippen LogP contribution in [-0.4, -0.2) is 78.0 Å². The molecule has 4 aromatic heterocycles. The van der Waals surface area contributed by atoms with E-state index in [-0.39, 0.29) is 29.9 Å². The lowest BCUT2D eigenvalue weighted by atomic mass is 9.92. The average Bonchev–Trinajstić information content (AvgIpc) is 3.68. The Morgan fingerprint density at radius 2 is 1.95 bits per heavy atom. The van der Waals surface area contributed by atoms with Crippen molar-refractivity contribution in [2.75, 3.05) is 41.7 Å². The lowest BCUT2D eigenvalue weighted by molar-refractivity contribution is 0.0953. The highest BCUT2D eigenvalue weighted by molar-refractivity contribution is 5.93. The number of nitrogens with one attached hydrogen (secondary N) is 1. The maximum Gasteiger partial charge on any atom is 0.272 e. The van der Waals surface area contributed by atoms with Crippen molar-refractivity contribution in [2.45, 2.75) is 18.9 Å². The van der Waals surface area contributed by atoms with Gasteiger partial charge in [-0.3, -0.25) is 4.79 Å². The zero-order valence-corrected chi connectivity index (χ0v) is 23.7. The highest BCUT2D eigenvalue weighted by Gasteiger charge is 2.39. The van der Waals surface area contributed by atoms with Crippen LogP contribution in [0.4, 0.5) is 17.3 Å². The van der Waals surface area contributed by atoms with Crippen LogP contribution >= 0.6 is 0 Å². The number of piperidine rings is 1. The normalized spacial score (nSPS) is 17.6. The minimum absolute atomic E-state index is 0.126. The van der Waals surface area contributed by atoms with Gasteiger partial charge >= 0.3 is 0 Å². The van der Waals surface area contributed by atoms with Gasteiger partial charge in [0.15, 0.2) is 17.2 Å². The van der Waals surface area contributed by atoms with Crippen LogP contribution in [0.1, 0.15) is 29.2 Å². The highest BCUT2D eigenvalue weighted by atomic mass is 16.3. The van der Waals surface area contributed by atoms with Crippen molar-refractivity contribution in [3.8, 4) is 28.8 Å². The minimum atomic E-state index is -0.331. The first-order chi connectivity index (χ1) is 21.5. The molecule has 2 aliphatic rings. The summed E-state index contributed by atoms with van der Waals surface area (Å²) in [6.07, 6.45) is 7.17. The van der Waals surface area contributed by atoms with Gasteiger partial charge in [-0.05, 0) is 55.0 Å². The molecule has 0 spiro atoms. The van der Waals surface area contributed by atoms with E-state index >= 15 is 0 Å². The fraction of sp³-hybridized carbons (Fsp3) is 0.258. The molecular weight excluding hydrogens is 558 g/mol. The van der Waals surface area contributed by atoms with Crippen LogP contribution in [-0.2, 0) is 0 Å². The Morgan fingerprint density at radius 1 is 1.07 bits per heavy atom. The Bertz CT molecular complexity index is 1880. The van der Waals surface area contributed by atoms with Crippen LogP contribution in [0.3, 0.4) is 0 Å². The Kier molecular flexibility index (Phi) is 7.07. The van der Waals surface area contributed by atoms with Gasteiger partial charge in [0.1, 0.15) is 11.6 Å². The average molecular weight is 588 g/mol. The molecule has 220 valence electrons. The molecule has 2 aliphatic heterocycles. The molecule has 0 saturated carbocycles. The summed E-state index contributed by atoms with van der Waals surface area (Å²) < 4.78 is 1.55. The first-order valence-electron chi connectivity index (χ1n) is 14.4. The Balaban J connectivity index is 1.03. The SMILES string of the molecule is Nc1nnc(-c2ccccc2O)cc1N1CCC2CCN(c3ccnc(C#CCNC(=O)c4cc5ncccn5n4)n3)C2C1. The smallest absolute Gasteiger partial charge is 0.272 e. The van der Waals surface area contributed by atoms with Gasteiger partial charge in [0, 0.05) is 49.9 Å². The Labute approximate surface area is 252 Å². The number of phenols is 1. The highest BCUT2D eigenvalue weighted by Crippen LogP contribution is 2.38. The van der Waals surface area contributed by atoms with Crippen molar-refractivity contribution in [1.82, 2.24) is 40.1 Å². The summed E-state index contributed by atoms with van der Waals surface area (Å²) >= 11 is 0. The molecule has 4 N–H and O–H groups in total. The number of rotatable bonds is 5. The monoisotopic (exact) mass is 587 g/mol. The number of fused-ring (bicyclic) bond motifs is 2. The quantitative estimate of drug-likeness (QED) is 0.258. The van der Waals surface area contributed by atoms with Crippen molar-refractivity contribution in [3.05, 3.63) is 78.6 Å². The van der Waals surface area contributed by atoms with Gasteiger partial charge in [-0.15, -0.1) is 10.2 Å². The Hall–Kier alpha value is -5.77. The Morgan fingerprint density at radius 3 is 2.84 bits per heavy atom. The third kappa shape index (κ3) is 5.29. The molecule has 5 aromatic rings. The van der Waals surface area contributed by atoms with Gasteiger partial charge in [0.05, 0.1) is 24.0 Å². The van der Waals surface area contributed by atoms with E-state index in [0.29, 0.717) is 34.5 Å². The lowest BCUT2D eigenvalue weighted by Crippen LogP contribution is -2.48. The molecule has 6 heterocycles. The van der Waals surface area contributed by atoms with Crippen LogP contribution in [0, 0.1) is 17.8 Å². The van der Waals surface area contributed by atoms with Gasteiger partial charge in [-0.1, -0.05) is 18.1 Å². The number of nitrogens with zero attached hydrogens (tertiary/aromatic N) is 9. The molecule has 13 heteroatoms. The number of anilines is 3. The van der Waals surface area contributed by atoms with E-state index in [0.717, 1.165) is 44.0 Å². The second-order valence-corrected chi connectivity index (χ2v) is 10.7. The number of carbonyl (C=O) groups excluding carboxylic acids is 1. The first-order valence-corrected chi connectivity index (χ1v) is 14.4. The number of hydrogen-bond acceptors (Lipinski definition) is 11. The zero-order valence-electron chi connectivity index (χ0n) is 23.7. The summed E-state index contributed by atoms with van der Waals surface area (Å²) in [5.41, 5.74) is 9.16. The van der Waals surface area contributed by atoms with Gasteiger partial charge in [-0.25, -0.2) is 19.5 Å². The molecule has 44 heavy (non-hydrogen) atoms. The number of nitrogen functional groups attached to an aromatic ring is 1. The summed E-state index contributed by atoms with van der Waals surface area (Å²) in [6.45, 7) is 2.60. The van der Waals surface area contributed by atoms with E-state index in [1.165, 1.54) is 0 Å². The van der Waals surface area contributed by atoms with E-state index in [1.54, 1.807) is 47.4 Å². The number of para-hydroxylation sites is 1. The van der Waals surface area contributed by atoms with Gasteiger partial charge in [0.25, 0.3) is 5.91 Å². The molecular formula is C31H29N11O2. The summed E-state index contributed by atoms with van der Waals surface area (Å²) in [5, 5.41) is 25.8. The molecule has 0 radical (unpaired) electrons. The molecule has 2 saturated heterocycles. The maximum absolute atomic E-state index is 12.5. The summed E-state index contributed by atoms with van der Waals surface area (Å²) in [6, 6.07) is 14.5. The number of aromatic hydroxyl groups is 1. The minimum Gasteiger partial charge on any atom is -0.507 e. The number of amides is 1. The van der Waals surface area contributed by atoms with Crippen molar-refractivity contribution in [1.29, 1.82) is 0 Å². The summed E-state index contributed by atoms with van der Waals surface area (Å²) in [4.78, 5) is 30.3. The van der Waals surface area contributed by atoms with Crippen LogP contribution in [0.5, 0.6) is 5.75 Å². The second kappa shape index (κ2) is 11.5. The number of hydrogen-bond donors (Lipinski definition) is 3. The van der Waals surface area contributed by atoms with Crippen molar-refractivity contribution in [3.63, 3.8) is 0 Å². The molecule has 7 rings (SSSR count). The number of benzene rings is 1. The molecule has 1 aromatic carbocycles. The van der Waals surface area contributed by atoms with Crippen LogP contribution in [0.2, 0.25) is 0 Å². The van der Waals surface area contributed by atoms with Crippen LogP contribution < -0.4 is 20.9 Å². The third-order valence-electron chi connectivity index (χ3n) is 8.13. The molecule has 2 atom stereocenters. The molecule has 2 unspecified atom stereocenters. The molecule has 13 nitrogen and oxygen atoms in total. The van der Waals surface area contributed by atoms with E-state index in [1.807, 2.05) is 24.3 Å². The summed E-state index contributed by atoms with van der Waals surface area (Å²) in [7, 11) is 0. The van der Waals surface area contributed by atoms with Crippen molar-refractivity contribution in [2.24, 2.45) is 5.92 Å². The van der Waals surface area contributed by atoms with Crippen molar-refractivity contribution < 1.29 is 9.90 Å². The van der Waals surface area contributed by atoms with E-state index in [2.05, 4.69) is 52.2 Å². The lowest BCUT2D eigenvalue weighted by Gasteiger charge is -2.40. The fourth-order valence-electron chi connectivity index (χ4n) is 5.96. The van der Waals surface area contributed by atoms with Crippen molar-refractivity contribution >= 4 is 28.9 Å². The number of phenolic OH excluding ortho intramolecular Hbond substituents is 1. The molecule has 0 aliphatic carbocycles. The summed E-state index contributed by atoms with van der Waals surface area (Å²) in [5.74, 6) is 7.81. The number of carbonyl (C=O) groups is 1. The largest absolute Gasteiger partial charge is 0.507 e. The van der Waals surface area contributed by atoms with Gasteiger partial charge in [0.2, 0.25) is 5.82 Å². The predicted octanol–water partition coefficient (Wildman–Crippen LogP) is 2.15. The number of aromatic nitrogens is 7. The topological polar surface area (TPSA) is 164 Å². The van der Waals surface area contributed by atoms with Gasteiger partial charge < -0.3 is 26.0 Å². The zero-order chi connectivity index (χ0) is 30.0. The maximum atomic E-state index is 12.5. The standard InChI is InChI=1S/C31H29N11O2/c32-30-24(17-22(37-38-30)21-5-1-2-6-26(21)43)40-15-9-20-10-16-41(25(20)19-40)28-8-13-33-27(36-28)7-3-11-35-31(44)23-18-29-34-12-4-14-42(29)39-23/h1-2,4-6,8,12-14,17-18,20,25,43H,9-11,15-16,19H2,(H2,32,38)(H,35,44). The first kappa shape index (κ1) is 27.1. The fourth-order valence-corrected chi connectivity index (χ4v) is 5.96. The van der Waals surface area contributed by atoms with Gasteiger partial charge in [-0.2, -0.15) is 5.10 Å². The molecule has 2 fully saturated rings.